The molecule has 0 aliphatic carbocycles. The predicted molar refractivity (Wildman–Crippen MR) is 125 cm³/mol. The quantitative estimate of drug-likeness (QED) is 0.593. The zero-order valence-corrected chi connectivity index (χ0v) is 19.2. The van der Waals surface area contributed by atoms with Gasteiger partial charge in [-0.25, -0.2) is 4.98 Å². The number of carbonyl (C=O) groups is 2. The zero-order chi connectivity index (χ0) is 23.4. The number of nitrogens with one attached hydrogen (secondary N) is 1. The van der Waals surface area contributed by atoms with Crippen LogP contribution >= 0.6 is 0 Å². The standard InChI is InChI=1S/C24H29N5O4/c1-4-29-22-19(24(31)28-10-6-8-18(14-28)33-3)11-17(26-21(30)15-32-2)12-20(22)27-23(29)16-7-5-9-25-13-16/h5,7,9,11-13,18H,4,6,8,10,14-15H2,1-3H3,(H,26,30). The number of carbonyl (C=O) groups excluding carboxylic acids is 2. The summed E-state index contributed by atoms with van der Waals surface area (Å²) in [5.74, 6) is 0.329. The summed E-state index contributed by atoms with van der Waals surface area (Å²) in [5.41, 5.74) is 3.24. The number of methoxy groups -OCH3 is 2. The number of benzene rings is 1. The van der Waals surface area contributed by atoms with E-state index in [2.05, 4.69) is 10.3 Å². The Labute approximate surface area is 192 Å². The molecule has 174 valence electrons. The number of likely N-dealkylation sites (tertiary alicyclic amines) is 1. The molecule has 2 amide bonds. The molecule has 1 aromatic carbocycles. The van der Waals surface area contributed by atoms with Crippen molar-refractivity contribution in [1.82, 2.24) is 19.4 Å². The fourth-order valence-electron chi connectivity index (χ4n) is 4.34. The van der Waals surface area contributed by atoms with E-state index in [0.29, 0.717) is 36.4 Å². The SMILES string of the molecule is CCn1c(-c2cccnc2)nc2cc(NC(=O)COC)cc(C(=O)N3CCCC(OC)C3)c21. The average molecular weight is 452 g/mol. The van der Waals surface area contributed by atoms with E-state index in [1.165, 1.54) is 7.11 Å². The van der Waals surface area contributed by atoms with Crippen LogP contribution in [0.3, 0.4) is 0 Å². The number of ether oxygens (including phenoxy) is 2. The molecule has 33 heavy (non-hydrogen) atoms. The van der Waals surface area contributed by atoms with E-state index in [0.717, 1.165) is 29.7 Å². The number of imidazole rings is 1. The van der Waals surface area contributed by atoms with Crippen LogP contribution in [0.1, 0.15) is 30.1 Å². The maximum Gasteiger partial charge on any atom is 0.256 e. The van der Waals surface area contributed by atoms with Crippen molar-refractivity contribution in [2.75, 3.05) is 39.2 Å². The molecule has 0 saturated carbocycles. The Morgan fingerprint density at radius 1 is 1.27 bits per heavy atom. The first-order valence-electron chi connectivity index (χ1n) is 11.1. The summed E-state index contributed by atoms with van der Waals surface area (Å²) >= 11 is 0. The van der Waals surface area contributed by atoms with Crippen molar-refractivity contribution in [1.29, 1.82) is 0 Å². The number of aryl methyl sites for hydroxylation is 1. The van der Waals surface area contributed by atoms with E-state index < -0.39 is 0 Å². The molecule has 1 unspecified atom stereocenters. The molecular formula is C24H29N5O4. The van der Waals surface area contributed by atoms with Crippen molar-refractivity contribution in [3.05, 3.63) is 42.2 Å². The van der Waals surface area contributed by atoms with E-state index in [1.807, 2.05) is 28.5 Å². The first kappa shape index (κ1) is 22.9. The molecule has 4 rings (SSSR count). The van der Waals surface area contributed by atoms with Crippen LogP contribution in [0.2, 0.25) is 0 Å². The average Bonchev–Trinajstić information content (AvgIpc) is 3.22. The zero-order valence-electron chi connectivity index (χ0n) is 19.2. The van der Waals surface area contributed by atoms with E-state index in [-0.39, 0.29) is 24.5 Å². The van der Waals surface area contributed by atoms with Crippen LogP contribution in [0, 0.1) is 0 Å². The summed E-state index contributed by atoms with van der Waals surface area (Å²) in [5, 5.41) is 2.82. The second-order valence-electron chi connectivity index (χ2n) is 8.05. The van der Waals surface area contributed by atoms with E-state index in [1.54, 1.807) is 31.6 Å². The smallest absolute Gasteiger partial charge is 0.256 e. The predicted octanol–water partition coefficient (Wildman–Crippen LogP) is 2.95. The number of rotatable bonds is 7. The monoisotopic (exact) mass is 451 g/mol. The van der Waals surface area contributed by atoms with E-state index >= 15 is 0 Å². The van der Waals surface area contributed by atoms with Gasteiger partial charge in [0.2, 0.25) is 5.91 Å². The lowest BCUT2D eigenvalue weighted by atomic mass is 10.0. The van der Waals surface area contributed by atoms with Gasteiger partial charge in [-0.15, -0.1) is 0 Å². The highest BCUT2D eigenvalue weighted by Crippen LogP contribution is 2.31. The highest BCUT2D eigenvalue weighted by molar-refractivity contribution is 6.08. The minimum Gasteiger partial charge on any atom is -0.380 e. The van der Waals surface area contributed by atoms with Gasteiger partial charge in [0, 0.05) is 57.5 Å². The van der Waals surface area contributed by atoms with Crippen LogP contribution in [-0.4, -0.2) is 71.3 Å². The van der Waals surface area contributed by atoms with Crippen LogP contribution in [0.4, 0.5) is 5.69 Å². The highest BCUT2D eigenvalue weighted by Gasteiger charge is 2.28. The van der Waals surface area contributed by atoms with Crippen molar-refractivity contribution in [2.45, 2.75) is 32.4 Å². The van der Waals surface area contributed by atoms with Crippen molar-refractivity contribution in [3.63, 3.8) is 0 Å². The largest absolute Gasteiger partial charge is 0.380 e. The lowest BCUT2D eigenvalue weighted by molar-refractivity contribution is -0.119. The Hall–Kier alpha value is -3.30. The van der Waals surface area contributed by atoms with Crippen LogP contribution in [0.5, 0.6) is 0 Å². The number of piperidine rings is 1. The third-order valence-electron chi connectivity index (χ3n) is 5.87. The van der Waals surface area contributed by atoms with Crippen LogP contribution < -0.4 is 5.32 Å². The van der Waals surface area contributed by atoms with Gasteiger partial charge in [0.25, 0.3) is 5.91 Å². The summed E-state index contributed by atoms with van der Waals surface area (Å²) in [7, 11) is 3.14. The molecule has 9 heteroatoms. The molecular weight excluding hydrogens is 422 g/mol. The van der Waals surface area contributed by atoms with Gasteiger partial charge in [-0.3, -0.25) is 14.6 Å². The highest BCUT2D eigenvalue weighted by atomic mass is 16.5. The molecule has 1 saturated heterocycles. The van der Waals surface area contributed by atoms with Crippen LogP contribution in [0.25, 0.3) is 22.4 Å². The molecule has 0 bridgehead atoms. The fraction of sp³-hybridized carbons (Fsp3) is 0.417. The maximum atomic E-state index is 13.7. The Bertz CT molecular complexity index is 1140. The first-order valence-corrected chi connectivity index (χ1v) is 11.1. The van der Waals surface area contributed by atoms with Crippen molar-refractivity contribution in [2.24, 2.45) is 0 Å². The number of nitrogens with zero attached hydrogens (tertiary/aromatic N) is 4. The number of aromatic nitrogens is 3. The van der Waals surface area contributed by atoms with Crippen molar-refractivity contribution < 1.29 is 19.1 Å². The molecule has 0 spiro atoms. The molecule has 1 atom stereocenters. The number of pyridine rings is 1. The number of fused-ring (bicyclic) bond motifs is 1. The van der Waals surface area contributed by atoms with Crippen molar-refractivity contribution in [3.8, 4) is 11.4 Å². The summed E-state index contributed by atoms with van der Waals surface area (Å²) in [4.78, 5) is 36.8. The molecule has 3 heterocycles. The molecule has 2 aromatic heterocycles. The van der Waals surface area contributed by atoms with Gasteiger partial charge < -0.3 is 24.3 Å². The molecule has 1 fully saturated rings. The summed E-state index contributed by atoms with van der Waals surface area (Å²) in [6, 6.07) is 7.32. The number of anilines is 1. The molecule has 0 radical (unpaired) electrons. The van der Waals surface area contributed by atoms with Gasteiger partial charge in [-0.05, 0) is 44.0 Å². The van der Waals surface area contributed by atoms with Gasteiger partial charge >= 0.3 is 0 Å². The van der Waals surface area contributed by atoms with Gasteiger partial charge in [-0.1, -0.05) is 0 Å². The van der Waals surface area contributed by atoms with Crippen LogP contribution in [-0.2, 0) is 20.8 Å². The Kier molecular flexibility index (Phi) is 7.00. The first-order chi connectivity index (χ1) is 16.0. The third-order valence-corrected chi connectivity index (χ3v) is 5.87. The fourth-order valence-corrected chi connectivity index (χ4v) is 4.34. The number of hydrogen-bond acceptors (Lipinski definition) is 6. The van der Waals surface area contributed by atoms with E-state index in [9.17, 15) is 9.59 Å². The Balaban J connectivity index is 1.85. The summed E-state index contributed by atoms with van der Waals surface area (Å²) < 4.78 is 12.5. The number of amides is 2. The molecule has 1 N–H and O–H groups in total. The molecule has 1 aliphatic rings. The van der Waals surface area contributed by atoms with Gasteiger partial charge in [0.15, 0.2) is 0 Å². The summed E-state index contributed by atoms with van der Waals surface area (Å²) in [6.45, 7) is 3.76. The number of hydrogen-bond donors (Lipinski definition) is 1. The van der Waals surface area contributed by atoms with Crippen LogP contribution in [0.15, 0.2) is 36.7 Å². The molecule has 3 aromatic rings. The summed E-state index contributed by atoms with van der Waals surface area (Å²) in [6.07, 6.45) is 5.30. The Morgan fingerprint density at radius 2 is 2.12 bits per heavy atom. The lowest BCUT2D eigenvalue weighted by Gasteiger charge is -2.32. The maximum absolute atomic E-state index is 13.7. The second kappa shape index (κ2) is 10.1. The van der Waals surface area contributed by atoms with Crippen molar-refractivity contribution >= 4 is 28.5 Å². The Morgan fingerprint density at radius 3 is 2.82 bits per heavy atom. The lowest BCUT2D eigenvalue weighted by Crippen LogP contribution is -2.43. The molecule has 1 aliphatic heterocycles. The van der Waals surface area contributed by atoms with E-state index in [4.69, 9.17) is 14.5 Å². The van der Waals surface area contributed by atoms with Gasteiger partial charge in [-0.2, -0.15) is 0 Å². The topological polar surface area (TPSA) is 98.6 Å². The minimum absolute atomic E-state index is 0.0184. The van der Waals surface area contributed by atoms with Gasteiger partial charge in [0.05, 0.1) is 22.7 Å². The minimum atomic E-state index is -0.296. The third kappa shape index (κ3) is 4.74. The molecule has 9 nitrogen and oxygen atoms in total. The van der Waals surface area contributed by atoms with Gasteiger partial charge in [0.1, 0.15) is 12.4 Å². The second-order valence-corrected chi connectivity index (χ2v) is 8.05. The normalized spacial score (nSPS) is 16.2.